The lowest BCUT2D eigenvalue weighted by Gasteiger charge is -2.33. The van der Waals surface area contributed by atoms with Crippen molar-refractivity contribution in [3.63, 3.8) is 0 Å². The molecule has 1 aliphatic rings. The van der Waals surface area contributed by atoms with E-state index in [2.05, 4.69) is 37.6 Å². The SMILES string of the molecule is Cn1nccc1-c1nnc(N2CCC(NC(=O)c3ccc(Cl)cc3S(C)=O)CC2)c2ccccc12. The van der Waals surface area contributed by atoms with E-state index in [-0.39, 0.29) is 11.9 Å². The molecule has 0 aliphatic carbocycles. The van der Waals surface area contributed by atoms with Gasteiger partial charge in [0.25, 0.3) is 5.91 Å². The number of carbonyl (C=O) groups is 1. The van der Waals surface area contributed by atoms with E-state index < -0.39 is 10.8 Å². The fraction of sp³-hybridized carbons (Fsp3) is 0.280. The second-order valence-corrected chi connectivity index (χ2v) is 10.4. The Kier molecular flexibility index (Phi) is 6.53. The van der Waals surface area contributed by atoms with Crippen molar-refractivity contribution in [2.24, 2.45) is 7.05 Å². The van der Waals surface area contributed by atoms with E-state index in [4.69, 9.17) is 11.6 Å². The summed E-state index contributed by atoms with van der Waals surface area (Å²) >= 11 is 6.03. The molecular weight excluding hydrogens is 484 g/mol. The number of rotatable bonds is 5. The van der Waals surface area contributed by atoms with Crippen molar-refractivity contribution < 1.29 is 9.00 Å². The smallest absolute Gasteiger partial charge is 0.252 e. The van der Waals surface area contributed by atoms with Crippen LogP contribution in [0, 0.1) is 0 Å². The molecule has 10 heteroatoms. The average Bonchev–Trinajstić information content (AvgIpc) is 3.29. The second kappa shape index (κ2) is 9.75. The lowest BCUT2D eigenvalue weighted by atomic mass is 10.0. The predicted molar refractivity (Wildman–Crippen MR) is 138 cm³/mol. The van der Waals surface area contributed by atoms with Gasteiger partial charge >= 0.3 is 0 Å². The third-order valence-corrected chi connectivity index (χ3v) is 7.55. The van der Waals surface area contributed by atoms with Crippen LogP contribution < -0.4 is 10.2 Å². The Morgan fingerprint density at radius 3 is 2.51 bits per heavy atom. The standard InChI is InChI=1S/C25H25ClN6O2S/c1-31-21(9-12-27-31)23-18-5-3-4-6-19(18)24(30-29-23)32-13-10-17(11-14-32)28-25(33)20-8-7-16(26)15-22(20)35(2)34/h3-9,12,15,17H,10-11,13-14H2,1-2H3,(H,28,33). The number of aryl methyl sites for hydroxylation is 1. The molecule has 2 aromatic heterocycles. The van der Waals surface area contributed by atoms with Gasteiger partial charge in [0.2, 0.25) is 0 Å². The van der Waals surface area contributed by atoms with Crippen molar-refractivity contribution in [2.45, 2.75) is 23.8 Å². The van der Waals surface area contributed by atoms with Crippen LogP contribution in [0.5, 0.6) is 0 Å². The fourth-order valence-corrected chi connectivity index (χ4v) is 5.54. The highest BCUT2D eigenvalue weighted by molar-refractivity contribution is 7.84. The van der Waals surface area contributed by atoms with Crippen molar-refractivity contribution in [1.82, 2.24) is 25.3 Å². The van der Waals surface area contributed by atoms with Crippen molar-refractivity contribution in [3.05, 3.63) is 65.3 Å². The Bertz CT molecular complexity index is 1430. The minimum atomic E-state index is -1.31. The highest BCUT2D eigenvalue weighted by Crippen LogP contribution is 2.32. The molecular formula is C25H25ClN6O2S. The molecule has 1 N–H and O–H groups in total. The van der Waals surface area contributed by atoms with Crippen LogP contribution in [0.3, 0.4) is 0 Å². The highest BCUT2D eigenvalue weighted by atomic mass is 35.5. The van der Waals surface area contributed by atoms with Crippen molar-refractivity contribution in [1.29, 1.82) is 0 Å². The summed E-state index contributed by atoms with van der Waals surface area (Å²) < 4.78 is 13.9. The zero-order valence-corrected chi connectivity index (χ0v) is 21.0. The van der Waals surface area contributed by atoms with E-state index in [0.29, 0.717) is 15.5 Å². The van der Waals surface area contributed by atoms with Crippen LogP contribution in [0.15, 0.2) is 59.6 Å². The number of hydrogen-bond acceptors (Lipinski definition) is 6. The van der Waals surface area contributed by atoms with Crippen molar-refractivity contribution >= 4 is 44.9 Å². The number of piperidine rings is 1. The zero-order chi connectivity index (χ0) is 24.5. The van der Waals surface area contributed by atoms with Gasteiger partial charge in [-0.15, -0.1) is 10.2 Å². The maximum atomic E-state index is 12.9. The number of aromatic nitrogens is 4. The molecule has 0 spiro atoms. The number of benzene rings is 2. The first-order chi connectivity index (χ1) is 16.9. The van der Waals surface area contributed by atoms with Gasteiger partial charge in [-0.3, -0.25) is 13.7 Å². The Hall–Kier alpha value is -3.30. The molecule has 35 heavy (non-hydrogen) atoms. The molecule has 1 fully saturated rings. The van der Waals surface area contributed by atoms with Crippen LogP contribution in [-0.4, -0.2) is 55.5 Å². The lowest BCUT2D eigenvalue weighted by Crippen LogP contribution is -2.45. The number of halogens is 1. The Labute approximate surface area is 210 Å². The minimum Gasteiger partial charge on any atom is -0.354 e. The Balaban J connectivity index is 1.33. The van der Waals surface area contributed by atoms with Crippen LogP contribution in [-0.2, 0) is 17.8 Å². The van der Waals surface area contributed by atoms with Gasteiger partial charge < -0.3 is 10.2 Å². The average molecular weight is 509 g/mol. The summed E-state index contributed by atoms with van der Waals surface area (Å²) in [6.07, 6.45) is 4.84. The van der Waals surface area contributed by atoms with Gasteiger partial charge in [0, 0.05) is 54.4 Å². The number of hydrogen-bond donors (Lipinski definition) is 1. The summed E-state index contributed by atoms with van der Waals surface area (Å²) in [5, 5.41) is 19.1. The second-order valence-electron chi connectivity index (χ2n) is 8.59. The van der Waals surface area contributed by atoms with Gasteiger partial charge in [0.15, 0.2) is 5.82 Å². The normalized spacial score (nSPS) is 15.3. The molecule has 1 atom stereocenters. The first kappa shape index (κ1) is 23.4. The van der Waals surface area contributed by atoms with Gasteiger partial charge in [-0.1, -0.05) is 35.9 Å². The predicted octanol–water partition coefficient (Wildman–Crippen LogP) is 3.82. The third kappa shape index (κ3) is 4.66. The molecule has 4 aromatic rings. The number of nitrogens with zero attached hydrogens (tertiary/aromatic N) is 5. The van der Waals surface area contributed by atoms with Crippen molar-refractivity contribution in [2.75, 3.05) is 24.2 Å². The van der Waals surface area contributed by atoms with E-state index in [0.717, 1.165) is 53.9 Å². The zero-order valence-electron chi connectivity index (χ0n) is 19.4. The quantitative estimate of drug-likeness (QED) is 0.440. The molecule has 0 bridgehead atoms. The monoisotopic (exact) mass is 508 g/mol. The molecule has 0 radical (unpaired) electrons. The summed E-state index contributed by atoms with van der Waals surface area (Å²) in [4.78, 5) is 15.6. The molecule has 1 saturated heterocycles. The number of nitrogens with one attached hydrogen (secondary N) is 1. The Morgan fingerprint density at radius 1 is 1.09 bits per heavy atom. The highest BCUT2D eigenvalue weighted by Gasteiger charge is 2.25. The molecule has 2 aromatic carbocycles. The molecule has 1 unspecified atom stereocenters. The van der Waals surface area contributed by atoms with E-state index in [1.54, 1.807) is 35.3 Å². The summed E-state index contributed by atoms with van der Waals surface area (Å²) in [5.41, 5.74) is 2.12. The van der Waals surface area contributed by atoms with E-state index >= 15 is 0 Å². The van der Waals surface area contributed by atoms with Crippen LogP contribution in [0.25, 0.3) is 22.2 Å². The van der Waals surface area contributed by atoms with E-state index in [9.17, 15) is 9.00 Å². The first-order valence-corrected chi connectivity index (χ1v) is 13.3. The van der Waals surface area contributed by atoms with Crippen LogP contribution in [0.1, 0.15) is 23.2 Å². The summed E-state index contributed by atoms with van der Waals surface area (Å²) in [6.45, 7) is 1.48. The maximum absolute atomic E-state index is 12.9. The number of anilines is 1. The molecule has 3 heterocycles. The molecule has 8 nitrogen and oxygen atoms in total. The Morgan fingerprint density at radius 2 is 1.83 bits per heavy atom. The summed E-state index contributed by atoms with van der Waals surface area (Å²) in [6, 6.07) is 15.0. The van der Waals surface area contributed by atoms with Gasteiger partial charge in [-0.25, -0.2) is 0 Å². The minimum absolute atomic E-state index is 0.0144. The van der Waals surface area contributed by atoms with E-state index in [1.165, 1.54) is 0 Å². The first-order valence-electron chi connectivity index (χ1n) is 11.3. The molecule has 180 valence electrons. The van der Waals surface area contributed by atoms with Crippen LogP contribution >= 0.6 is 11.6 Å². The summed E-state index contributed by atoms with van der Waals surface area (Å²) in [5.74, 6) is 0.619. The van der Waals surface area contributed by atoms with Crippen molar-refractivity contribution in [3.8, 4) is 11.4 Å². The number of amides is 1. The molecule has 1 amide bonds. The van der Waals surface area contributed by atoms with Crippen LogP contribution in [0.2, 0.25) is 5.02 Å². The number of carbonyl (C=O) groups excluding carboxylic acids is 1. The molecule has 5 rings (SSSR count). The fourth-order valence-electron chi connectivity index (χ4n) is 4.54. The number of fused-ring (bicyclic) bond motifs is 1. The lowest BCUT2D eigenvalue weighted by molar-refractivity contribution is 0.0928. The van der Waals surface area contributed by atoms with Gasteiger partial charge in [-0.2, -0.15) is 5.10 Å². The van der Waals surface area contributed by atoms with Gasteiger partial charge in [0.05, 0.1) is 27.0 Å². The van der Waals surface area contributed by atoms with Gasteiger partial charge in [-0.05, 0) is 37.1 Å². The van der Waals surface area contributed by atoms with Crippen LogP contribution in [0.4, 0.5) is 5.82 Å². The maximum Gasteiger partial charge on any atom is 0.252 e. The molecule has 1 aliphatic heterocycles. The topological polar surface area (TPSA) is 93.0 Å². The van der Waals surface area contributed by atoms with Gasteiger partial charge in [0.1, 0.15) is 5.69 Å². The summed E-state index contributed by atoms with van der Waals surface area (Å²) in [7, 11) is 0.582. The third-order valence-electron chi connectivity index (χ3n) is 6.36. The molecule has 0 saturated carbocycles. The van der Waals surface area contributed by atoms with E-state index in [1.807, 2.05) is 25.2 Å². The largest absolute Gasteiger partial charge is 0.354 e.